The lowest BCUT2D eigenvalue weighted by molar-refractivity contribution is -0.135. The molecule has 4 nitrogen and oxygen atoms in total. The molecule has 0 bridgehead atoms. The monoisotopic (exact) mass is 339 g/mol. The Bertz CT molecular complexity index is 455. The Labute approximate surface area is 146 Å². The molecule has 1 fully saturated rings. The maximum atomic E-state index is 12.5. The lowest BCUT2D eigenvalue weighted by Gasteiger charge is -2.35. The zero-order valence-electron chi connectivity index (χ0n) is 14.1. The first-order valence-electron chi connectivity index (χ1n) is 8.46. The summed E-state index contributed by atoms with van der Waals surface area (Å²) in [6.07, 6.45) is 4.47. The maximum Gasteiger partial charge on any atom is 0.236 e. The number of nitrogens with zero attached hydrogens (tertiary/aromatic N) is 2. The van der Waals surface area contributed by atoms with Crippen LogP contribution in [0.2, 0.25) is 0 Å². The number of carbonyl (C=O) groups excluding carboxylic acids is 1. The number of halogens is 1. The standard InChI is InChI=1S/C18H29N3O.ClH/c1-16-7-5-6-12-21(16)18(22)15-20(14-11-19)13-10-17-8-3-2-4-9-17;/h2-4,8-9,16H,5-7,10-15,19H2,1H3;1H. The average Bonchev–Trinajstić information content (AvgIpc) is 2.54. The number of rotatable bonds is 7. The van der Waals surface area contributed by atoms with Crippen molar-refractivity contribution in [2.75, 3.05) is 32.7 Å². The third kappa shape index (κ3) is 6.50. The van der Waals surface area contributed by atoms with E-state index in [1.54, 1.807) is 0 Å². The van der Waals surface area contributed by atoms with Crippen LogP contribution in [0.3, 0.4) is 0 Å². The van der Waals surface area contributed by atoms with Crippen LogP contribution in [0.5, 0.6) is 0 Å². The third-order valence-electron chi connectivity index (χ3n) is 4.49. The molecule has 23 heavy (non-hydrogen) atoms. The number of hydrogen-bond donors (Lipinski definition) is 1. The normalized spacial score (nSPS) is 17.9. The Morgan fingerprint density at radius 2 is 2.00 bits per heavy atom. The van der Waals surface area contributed by atoms with Gasteiger partial charge in [0.1, 0.15) is 0 Å². The highest BCUT2D eigenvalue weighted by Gasteiger charge is 2.24. The minimum atomic E-state index is 0. The first-order chi connectivity index (χ1) is 10.7. The molecule has 1 aliphatic rings. The number of amides is 1. The van der Waals surface area contributed by atoms with Gasteiger partial charge < -0.3 is 10.6 Å². The summed E-state index contributed by atoms with van der Waals surface area (Å²) in [5.74, 6) is 0.258. The van der Waals surface area contributed by atoms with Crippen molar-refractivity contribution in [2.45, 2.75) is 38.6 Å². The number of benzene rings is 1. The SMILES string of the molecule is CC1CCCCN1C(=O)CN(CCN)CCc1ccccc1.Cl. The van der Waals surface area contributed by atoms with Gasteiger partial charge in [0.15, 0.2) is 0 Å². The largest absolute Gasteiger partial charge is 0.339 e. The zero-order chi connectivity index (χ0) is 15.8. The second-order valence-electron chi connectivity index (χ2n) is 6.23. The fourth-order valence-electron chi connectivity index (χ4n) is 3.14. The van der Waals surface area contributed by atoms with Crippen molar-refractivity contribution in [1.29, 1.82) is 0 Å². The Hall–Kier alpha value is -1.10. The van der Waals surface area contributed by atoms with E-state index in [0.29, 0.717) is 19.1 Å². The summed E-state index contributed by atoms with van der Waals surface area (Å²) in [5, 5.41) is 0. The molecule has 0 radical (unpaired) electrons. The summed E-state index contributed by atoms with van der Waals surface area (Å²) in [4.78, 5) is 16.8. The number of nitrogens with two attached hydrogens (primary N) is 1. The van der Waals surface area contributed by atoms with E-state index in [4.69, 9.17) is 5.73 Å². The topological polar surface area (TPSA) is 49.6 Å². The minimum Gasteiger partial charge on any atom is -0.339 e. The number of piperidine rings is 1. The number of hydrogen-bond acceptors (Lipinski definition) is 3. The molecule has 0 spiro atoms. The van der Waals surface area contributed by atoms with Gasteiger partial charge in [0.25, 0.3) is 0 Å². The quantitative estimate of drug-likeness (QED) is 0.829. The molecule has 0 saturated carbocycles. The highest BCUT2D eigenvalue weighted by Crippen LogP contribution is 2.16. The van der Waals surface area contributed by atoms with Crippen LogP contribution < -0.4 is 5.73 Å². The summed E-state index contributed by atoms with van der Waals surface area (Å²) >= 11 is 0. The molecule has 0 aliphatic carbocycles. The maximum absolute atomic E-state index is 12.5. The van der Waals surface area contributed by atoms with Crippen molar-refractivity contribution in [3.63, 3.8) is 0 Å². The van der Waals surface area contributed by atoms with Crippen molar-refractivity contribution in [3.8, 4) is 0 Å². The van der Waals surface area contributed by atoms with E-state index in [0.717, 1.165) is 38.9 Å². The van der Waals surface area contributed by atoms with Crippen molar-refractivity contribution in [2.24, 2.45) is 5.73 Å². The van der Waals surface area contributed by atoms with Gasteiger partial charge >= 0.3 is 0 Å². The van der Waals surface area contributed by atoms with Crippen molar-refractivity contribution < 1.29 is 4.79 Å². The second-order valence-corrected chi connectivity index (χ2v) is 6.23. The molecule has 2 rings (SSSR count). The van der Waals surface area contributed by atoms with Crippen LogP contribution in [0.1, 0.15) is 31.7 Å². The van der Waals surface area contributed by atoms with Gasteiger partial charge in [-0.05, 0) is 38.2 Å². The highest BCUT2D eigenvalue weighted by molar-refractivity contribution is 5.85. The van der Waals surface area contributed by atoms with Gasteiger partial charge in [-0.3, -0.25) is 9.69 Å². The van der Waals surface area contributed by atoms with Gasteiger partial charge in [0.2, 0.25) is 5.91 Å². The molecule has 1 saturated heterocycles. The summed E-state index contributed by atoms with van der Waals surface area (Å²) in [6, 6.07) is 10.8. The van der Waals surface area contributed by atoms with Crippen LogP contribution in [-0.2, 0) is 11.2 Å². The van der Waals surface area contributed by atoms with E-state index in [9.17, 15) is 4.79 Å². The lowest BCUT2D eigenvalue weighted by Crippen LogP contribution is -2.48. The summed E-state index contributed by atoms with van der Waals surface area (Å²) < 4.78 is 0. The van der Waals surface area contributed by atoms with E-state index >= 15 is 0 Å². The Morgan fingerprint density at radius 1 is 1.26 bits per heavy atom. The molecular formula is C18H30ClN3O. The van der Waals surface area contributed by atoms with Crippen molar-refractivity contribution in [1.82, 2.24) is 9.80 Å². The smallest absolute Gasteiger partial charge is 0.236 e. The zero-order valence-corrected chi connectivity index (χ0v) is 14.9. The van der Waals surface area contributed by atoms with Crippen LogP contribution in [0.15, 0.2) is 30.3 Å². The van der Waals surface area contributed by atoms with Crippen LogP contribution in [-0.4, -0.2) is 54.5 Å². The van der Waals surface area contributed by atoms with Crippen LogP contribution in [0.4, 0.5) is 0 Å². The van der Waals surface area contributed by atoms with Gasteiger partial charge in [-0.15, -0.1) is 12.4 Å². The van der Waals surface area contributed by atoms with Gasteiger partial charge in [-0.25, -0.2) is 0 Å². The van der Waals surface area contributed by atoms with E-state index in [1.807, 2.05) is 6.07 Å². The number of likely N-dealkylation sites (tertiary alicyclic amines) is 1. The van der Waals surface area contributed by atoms with E-state index in [-0.39, 0.29) is 18.3 Å². The third-order valence-corrected chi connectivity index (χ3v) is 4.49. The molecule has 1 amide bonds. The van der Waals surface area contributed by atoms with Gasteiger partial charge in [-0.1, -0.05) is 30.3 Å². The molecule has 130 valence electrons. The fourth-order valence-corrected chi connectivity index (χ4v) is 3.14. The average molecular weight is 340 g/mol. The summed E-state index contributed by atoms with van der Waals surface area (Å²) in [6.45, 7) is 5.82. The molecule has 1 unspecified atom stereocenters. The minimum absolute atomic E-state index is 0. The molecule has 1 heterocycles. The summed E-state index contributed by atoms with van der Waals surface area (Å²) in [7, 11) is 0. The summed E-state index contributed by atoms with van der Waals surface area (Å²) in [5.41, 5.74) is 7.02. The second kappa shape index (κ2) is 10.6. The van der Waals surface area contributed by atoms with Crippen molar-refractivity contribution >= 4 is 18.3 Å². The van der Waals surface area contributed by atoms with Gasteiger partial charge in [0.05, 0.1) is 6.54 Å². The van der Waals surface area contributed by atoms with Crippen LogP contribution >= 0.6 is 12.4 Å². The first kappa shape index (κ1) is 19.9. The predicted molar refractivity (Wildman–Crippen MR) is 97.9 cm³/mol. The van der Waals surface area contributed by atoms with Gasteiger partial charge in [-0.2, -0.15) is 0 Å². The van der Waals surface area contributed by atoms with Crippen LogP contribution in [0, 0.1) is 0 Å². The molecule has 2 N–H and O–H groups in total. The molecule has 5 heteroatoms. The van der Waals surface area contributed by atoms with E-state index < -0.39 is 0 Å². The van der Waals surface area contributed by atoms with Crippen molar-refractivity contribution in [3.05, 3.63) is 35.9 Å². The lowest BCUT2D eigenvalue weighted by atomic mass is 10.0. The fraction of sp³-hybridized carbons (Fsp3) is 0.611. The molecule has 1 aliphatic heterocycles. The molecular weight excluding hydrogens is 310 g/mol. The Balaban J connectivity index is 0.00000264. The first-order valence-corrected chi connectivity index (χ1v) is 8.46. The Kier molecular flexibility index (Phi) is 9.22. The number of carbonyl (C=O) groups is 1. The predicted octanol–water partition coefficient (Wildman–Crippen LogP) is 2.31. The molecule has 1 atom stereocenters. The molecule has 1 aromatic carbocycles. The van der Waals surface area contributed by atoms with E-state index in [2.05, 4.69) is 41.0 Å². The molecule has 1 aromatic rings. The highest BCUT2D eigenvalue weighted by atomic mass is 35.5. The van der Waals surface area contributed by atoms with Crippen LogP contribution in [0.25, 0.3) is 0 Å². The van der Waals surface area contributed by atoms with Gasteiger partial charge in [0, 0.05) is 32.2 Å². The molecule has 0 aromatic heterocycles. The Morgan fingerprint density at radius 3 is 2.65 bits per heavy atom. The van der Waals surface area contributed by atoms with E-state index in [1.165, 1.54) is 12.0 Å².